The van der Waals surface area contributed by atoms with Crippen molar-refractivity contribution in [1.82, 2.24) is 5.32 Å². The van der Waals surface area contributed by atoms with Crippen LogP contribution in [0, 0.1) is 0 Å². The molecule has 1 aromatic carbocycles. The zero-order valence-corrected chi connectivity index (χ0v) is 18.8. The average Bonchev–Trinajstić information content (AvgIpc) is 2.72. The van der Waals surface area contributed by atoms with Gasteiger partial charge in [-0.15, -0.1) is 0 Å². The number of hydrogen-bond acceptors (Lipinski definition) is 7. The number of ether oxygens (including phenoxy) is 4. The van der Waals surface area contributed by atoms with E-state index in [1.54, 1.807) is 32.9 Å². The Morgan fingerprint density at radius 2 is 1.71 bits per heavy atom. The van der Waals surface area contributed by atoms with Gasteiger partial charge in [0.2, 0.25) is 0 Å². The third-order valence-electron chi connectivity index (χ3n) is 4.82. The second kappa shape index (κ2) is 11.2. The van der Waals surface area contributed by atoms with E-state index in [-0.39, 0.29) is 30.9 Å². The molecule has 1 N–H and O–H groups in total. The van der Waals surface area contributed by atoms with E-state index in [4.69, 9.17) is 18.9 Å². The maximum absolute atomic E-state index is 12.5. The summed E-state index contributed by atoms with van der Waals surface area (Å²) in [5.41, 5.74) is -0.626. The molecule has 1 aliphatic heterocycles. The summed E-state index contributed by atoms with van der Waals surface area (Å²) in [5.74, 6) is -2.20. The predicted molar refractivity (Wildman–Crippen MR) is 114 cm³/mol. The predicted octanol–water partition coefficient (Wildman–Crippen LogP) is 3.38. The molecule has 0 saturated carbocycles. The second-order valence-corrected chi connectivity index (χ2v) is 8.44. The molecule has 8 heteroatoms. The Balaban J connectivity index is 1.85. The Kier molecular flexibility index (Phi) is 9.00. The highest BCUT2D eigenvalue weighted by Crippen LogP contribution is 2.23. The molecule has 0 aliphatic carbocycles. The normalized spacial score (nSPS) is 16.9. The molecule has 31 heavy (non-hydrogen) atoms. The fourth-order valence-corrected chi connectivity index (χ4v) is 3.00. The van der Waals surface area contributed by atoms with Gasteiger partial charge < -0.3 is 24.3 Å². The topological polar surface area (TPSA) is 100 Å². The van der Waals surface area contributed by atoms with Crippen LogP contribution in [0.3, 0.4) is 0 Å². The number of nitrogens with one attached hydrogen (secondary N) is 1. The standard InChI is InChI=1S/C23H33NO7/c1-5-6-7-8-13-20(26)31-18-12-10-9-11-17(18)21(27)28-14-19(25)24-23(4)15-29-22(2,3)30-16-23/h9-12H,5-8,13-16H2,1-4H3,(H,24,25). The van der Waals surface area contributed by atoms with Gasteiger partial charge in [-0.2, -0.15) is 0 Å². The van der Waals surface area contributed by atoms with Gasteiger partial charge in [0.25, 0.3) is 5.91 Å². The van der Waals surface area contributed by atoms with Crippen LogP contribution in [0.1, 0.15) is 70.2 Å². The molecule has 1 aliphatic rings. The van der Waals surface area contributed by atoms with Crippen LogP contribution in [0.25, 0.3) is 0 Å². The maximum Gasteiger partial charge on any atom is 0.342 e. The number of benzene rings is 1. The largest absolute Gasteiger partial charge is 0.452 e. The molecular formula is C23H33NO7. The lowest BCUT2D eigenvalue weighted by atomic mass is 10.0. The van der Waals surface area contributed by atoms with Crippen LogP contribution >= 0.6 is 0 Å². The zero-order chi connectivity index (χ0) is 22.9. The van der Waals surface area contributed by atoms with Crippen LogP contribution in [0.5, 0.6) is 5.75 Å². The zero-order valence-electron chi connectivity index (χ0n) is 18.8. The van der Waals surface area contributed by atoms with E-state index in [1.165, 1.54) is 12.1 Å². The summed E-state index contributed by atoms with van der Waals surface area (Å²) in [4.78, 5) is 36.8. The van der Waals surface area contributed by atoms with Gasteiger partial charge in [0.05, 0.1) is 18.8 Å². The van der Waals surface area contributed by atoms with Crippen LogP contribution in [0.2, 0.25) is 0 Å². The Morgan fingerprint density at radius 3 is 2.39 bits per heavy atom. The molecule has 0 spiro atoms. The van der Waals surface area contributed by atoms with Crippen molar-refractivity contribution >= 4 is 17.8 Å². The molecule has 1 heterocycles. The molecule has 8 nitrogen and oxygen atoms in total. The Labute approximate surface area is 183 Å². The van der Waals surface area contributed by atoms with E-state index in [0.717, 1.165) is 25.7 Å². The summed E-state index contributed by atoms with van der Waals surface area (Å²) in [6.07, 6.45) is 4.12. The van der Waals surface area contributed by atoms with Gasteiger partial charge in [-0.1, -0.05) is 38.3 Å². The Bertz CT molecular complexity index is 765. The van der Waals surface area contributed by atoms with E-state index in [2.05, 4.69) is 12.2 Å². The molecule has 0 aromatic heterocycles. The molecule has 1 saturated heterocycles. The number of carbonyl (C=O) groups is 3. The lowest BCUT2D eigenvalue weighted by Crippen LogP contribution is -2.59. The number of amides is 1. The summed E-state index contributed by atoms with van der Waals surface area (Å²) in [6, 6.07) is 6.32. The molecular weight excluding hydrogens is 402 g/mol. The minimum Gasteiger partial charge on any atom is -0.452 e. The highest BCUT2D eigenvalue weighted by Gasteiger charge is 2.37. The van der Waals surface area contributed by atoms with Gasteiger partial charge >= 0.3 is 11.9 Å². The monoisotopic (exact) mass is 435 g/mol. The van der Waals surface area contributed by atoms with Crippen LogP contribution in [0.4, 0.5) is 0 Å². The number of hydrogen-bond donors (Lipinski definition) is 1. The molecule has 172 valence electrons. The lowest BCUT2D eigenvalue weighted by Gasteiger charge is -2.41. The fourth-order valence-electron chi connectivity index (χ4n) is 3.00. The van der Waals surface area contributed by atoms with Gasteiger partial charge in [0.15, 0.2) is 12.4 Å². The quantitative estimate of drug-likeness (QED) is 0.342. The minimum atomic E-state index is -0.744. The summed E-state index contributed by atoms with van der Waals surface area (Å²) < 4.78 is 21.6. The van der Waals surface area contributed by atoms with Crippen molar-refractivity contribution in [2.24, 2.45) is 0 Å². The fraction of sp³-hybridized carbons (Fsp3) is 0.609. The van der Waals surface area contributed by atoms with Crippen molar-refractivity contribution in [2.45, 2.75) is 71.1 Å². The van der Waals surface area contributed by atoms with Crippen molar-refractivity contribution < 1.29 is 33.3 Å². The third-order valence-corrected chi connectivity index (χ3v) is 4.82. The van der Waals surface area contributed by atoms with Crippen LogP contribution in [-0.2, 0) is 23.8 Å². The first-order valence-electron chi connectivity index (χ1n) is 10.7. The molecule has 1 amide bonds. The molecule has 0 bridgehead atoms. The molecule has 1 aromatic rings. The first kappa shape index (κ1) is 24.8. The number of carbonyl (C=O) groups excluding carboxylic acids is 3. The third kappa shape index (κ3) is 8.30. The van der Waals surface area contributed by atoms with E-state index < -0.39 is 35.8 Å². The maximum atomic E-state index is 12.5. The first-order chi connectivity index (χ1) is 14.6. The van der Waals surface area contributed by atoms with E-state index in [9.17, 15) is 14.4 Å². The van der Waals surface area contributed by atoms with Gasteiger partial charge in [-0.05, 0) is 39.3 Å². The first-order valence-corrected chi connectivity index (χ1v) is 10.7. The van der Waals surface area contributed by atoms with Crippen LogP contribution < -0.4 is 10.1 Å². The van der Waals surface area contributed by atoms with Gasteiger partial charge in [-0.25, -0.2) is 4.79 Å². The summed E-state index contributed by atoms with van der Waals surface area (Å²) in [7, 11) is 0. The van der Waals surface area contributed by atoms with Gasteiger partial charge in [0, 0.05) is 6.42 Å². The lowest BCUT2D eigenvalue weighted by molar-refractivity contribution is -0.268. The summed E-state index contributed by atoms with van der Waals surface area (Å²) in [6.45, 7) is 7.55. The summed E-state index contributed by atoms with van der Waals surface area (Å²) in [5, 5.41) is 2.77. The highest BCUT2D eigenvalue weighted by atomic mass is 16.7. The molecule has 2 rings (SSSR count). The van der Waals surface area contributed by atoms with Crippen molar-refractivity contribution in [3.05, 3.63) is 29.8 Å². The average molecular weight is 436 g/mol. The van der Waals surface area contributed by atoms with Crippen LogP contribution in [0.15, 0.2) is 24.3 Å². The van der Waals surface area contributed by atoms with E-state index >= 15 is 0 Å². The number of esters is 2. The van der Waals surface area contributed by atoms with Crippen LogP contribution in [-0.4, -0.2) is 49.0 Å². The Hall–Kier alpha value is -2.45. The SMILES string of the molecule is CCCCCCC(=O)Oc1ccccc1C(=O)OCC(=O)NC1(C)COC(C)(C)OC1. The van der Waals surface area contributed by atoms with Crippen molar-refractivity contribution in [1.29, 1.82) is 0 Å². The molecule has 0 radical (unpaired) electrons. The molecule has 0 unspecified atom stereocenters. The van der Waals surface area contributed by atoms with E-state index in [1.807, 2.05) is 0 Å². The van der Waals surface area contributed by atoms with Crippen molar-refractivity contribution in [3.8, 4) is 5.75 Å². The number of unbranched alkanes of at least 4 members (excludes halogenated alkanes) is 3. The van der Waals surface area contributed by atoms with Crippen molar-refractivity contribution in [3.63, 3.8) is 0 Å². The highest BCUT2D eigenvalue weighted by molar-refractivity contribution is 5.94. The second-order valence-electron chi connectivity index (χ2n) is 8.44. The molecule has 0 atom stereocenters. The summed E-state index contributed by atoms with van der Waals surface area (Å²) >= 11 is 0. The molecule has 1 fully saturated rings. The Morgan fingerprint density at radius 1 is 1.03 bits per heavy atom. The smallest absolute Gasteiger partial charge is 0.342 e. The number of para-hydroxylation sites is 1. The van der Waals surface area contributed by atoms with E-state index in [0.29, 0.717) is 0 Å². The minimum absolute atomic E-state index is 0.0921. The van der Waals surface area contributed by atoms with Gasteiger partial charge in [-0.3, -0.25) is 9.59 Å². The van der Waals surface area contributed by atoms with Gasteiger partial charge in [0.1, 0.15) is 11.3 Å². The van der Waals surface area contributed by atoms with Crippen molar-refractivity contribution in [2.75, 3.05) is 19.8 Å². The number of rotatable bonds is 10.